The summed E-state index contributed by atoms with van der Waals surface area (Å²) in [5.41, 5.74) is 18.8. The third kappa shape index (κ3) is 9.66. The van der Waals surface area contributed by atoms with Crippen molar-refractivity contribution in [3.63, 3.8) is 0 Å². The van der Waals surface area contributed by atoms with Crippen molar-refractivity contribution < 1.29 is 35.5 Å². The average Bonchev–Trinajstić information content (AvgIpc) is 3.77. The minimum absolute atomic E-state index is 0.0875. The number of rotatable bonds is 7. The molecule has 2 fully saturated rings. The highest BCUT2D eigenvalue weighted by molar-refractivity contribution is 7.99. The van der Waals surface area contributed by atoms with E-state index in [0.29, 0.717) is 31.8 Å². The number of nitrogens with two attached hydrogens (primary N) is 2. The van der Waals surface area contributed by atoms with Crippen LogP contribution in [-0.2, 0) is 60.4 Å². The number of fused-ring (bicyclic) bond motifs is 2. The van der Waals surface area contributed by atoms with E-state index in [4.69, 9.17) is 20.9 Å². The molecule has 0 saturated carbocycles. The van der Waals surface area contributed by atoms with E-state index in [1.54, 1.807) is 12.5 Å². The molecule has 0 bridgehead atoms. The van der Waals surface area contributed by atoms with Crippen molar-refractivity contribution in [2.24, 2.45) is 11.5 Å². The molecule has 8 nitrogen and oxygen atoms in total. The van der Waals surface area contributed by atoms with Crippen molar-refractivity contribution in [2.45, 2.75) is 86.0 Å². The van der Waals surface area contributed by atoms with Gasteiger partial charge in [-0.05, 0) is 120 Å². The molecular formula is C43H50F4N4O4S2. The van der Waals surface area contributed by atoms with Crippen LogP contribution in [0.4, 0.5) is 17.6 Å². The van der Waals surface area contributed by atoms with Crippen LogP contribution in [0, 0.1) is 23.3 Å². The van der Waals surface area contributed by atoms with Gasteiger partial charge in [0.2, 0.25) is 0 Å². The number of hydrogen-bond donors (Lipinski definition) is 2. The second kappa shape index (κ2) is 16.6. The highest BCUT2D eigenvalue weighted by Gasteiger charge is 2.38. The summed E-state index contributed by atoms with van der Waals surface area (Å²) >= 11 is 0. The molecule has 0 radical (unpaired) electrons. The molecule has 14 heteroatoms. The van der Waals surface area contributed by atoms with Crippen LogP contribution in [0.25, 0.3) is 0 Å². The molecule has 8 atom stereocenters. The van der Waals surface area contributed by atoms with E-state index in [1.807, 2.05) is 24.3 Å². The fourth-order valence-corrected chi connectivity index (χ4v) is 10.0. The molecule has 0 aromatic heterocycles. The molecule has 306 valence electrons. The van der Waals surface area contributed by atoms with Crippen molar-refractivity contribution in [1.29, 1.82) is 0 Å². The summed E-state index contributed by atoms with van der Waals surface area (Å²) in [6, 6.07) is 18.2. The lowest BCUT2D eigenvalue weighted by Crippen LogP contribution is -2.47. The summed E-state index contributed by atoms with van der Waals surface area (Å²) < 4.78 is 91.3. The molecule has 8 rings (SSSR count). The van der Waals surface area contributed by atoms with Gasteiger partial charge in [-0.3, -0.25) is 18.2 Å². The SMILES string of the molecule is C=S(C)(=O)Cc1ccc2c(c1)CN([C@H]1CO[C@H](c3cc(F)ccc3F)[C@@H](N)C1)C2.C=S(C)(=O)c1ccc2c(c1)CN([C@H]1CO[C@H](c3cc(F)ccc3F)[C@@H](N)C1)C2. The monoisotopic (exact) mass is 826 g/mol. The summed E-state index contributed by atoms with van der Waals surface area (Å²) in [6.07, 6.45) is 3.28. The smallest absolute Gasteiger partial charge is 0.129 e. The summed E-state index contributed by atoms with van der Waals surface area (Å²) in [5, 5.41) is 0. The van der Waals surface area contributed by atoms with Gasteiger partial charge in [-0.25, -0.2) is 17.6 Å². The number of benzene rings is 4. The lowest BCUT2D eigenvalue weighted by Gasteiger charge is -2.38. The lowest BCUT2D eigenvalue weighted by molar-refractivity contribution is -0.0531. The van der Waals surface area contributed by atoms with Crippen molar-refractivity contribution >= 4 is 30.8 Å². The zero-order valence-corrected chi connectivity index (χ0v) is 33.8. The van der Waals surface area contributed by atoms with Crippen molar-refractivity contribution in [2.75, 3.05) is 25.7 Å². The third-order valence-corrected chi connectivity index (χ3v) is 13.5. The van der Waals surface area contributed by atoms with Crippen LogP contribution < -0.4 is 11.5 Å². The van der Waals surface area contributed by atoms with Gasteiger partial charge in [0.25, 0.3) is 0 Å². The zero-order valence-electron chi connectivity index (χ0n) is 32.2. The normalized spacial score (nSPS) is 27.1. The molecule has 4 aromatic carbocycles. The Morgan fingerprint density at radius 1 is 0.649 bits per heavy atom. The van der Waals surface area contributed by atoms with Crippen LogP contribution in [0.15, 0.2) is 77.7 Å². The Balaban J connectivity index is 0.000000174. The van der Waals surface area contributed by atoms with Gasteiger partial charge in [-0.2, -0.15) is 0 Å². The van der Waals surface area contributed by atoms with E-state index in [2.05, 4.69) is 33.7 Å². The Hall–Kier alpha value is -3.60. The largest absolute Gasteiger partial charge is 0.370 e. The van der Waals surface area contributed by atoms with Crippen LogP contribution in [0.5, 0.6) is 0 Å². The van der Waals surface area contributed by atoms with Gasteiger partial charge in [-0.15, -0.1) is 0 Å². The van der Waals surface area contributed by atoms with E-state index in [-0.39, 0.29) is 23.2 Å². The van der Waals surface area contributed by atoms with Gasteiger partial charge in [0, 0.05) is 84.6 Å². The van der Waals surface area contributed by atoms with E-state index >= 15 is 0 Å². The Morgan fingerprint density at radius 3 is 1.56 bits per heavy atom. The number of hydrogen-bond acceptors (Lipinski definition) is 8. The highest BCUT2D eigenvalue weighted by atomic mass is 32.2. The number of ether oxygens (including phenoxy) is 2. The molecule has 4 aromatic rings. The first kappa shape index (κ1) is 41.6. The third-order valence-electron chi connectivity index (χ3n) is 11.3. The van der Waals surface area contributed by atoms with Crippen LogP contribution in [0.1, 0.15) is 64.0 Å². The van der Waals surface area contributed by atoms with E-state index < -0.39 is 66.6 Å². The van der Waals surface area contributed by atoms with Crippen LogP contribution in [0.2, 0.25) is 0 Å². The number of halogens is 4. The fraction of sp³-hybridized carbons (Fsp3) is 0.395. The average molecular weight is 827 g/mol. The molecular weight excluding hydrogens is 777 g/mol. The maximum atomic E-state index is 14.1. The highest BCUT2D eigenvalue weighted by Crippen LogP contribution is 2.36. The van der Waals surface area contributed by atoms with Gasteiger partial charge in [0.15, 0.2) is 0 Å². The first-order valence-electron chi connectivity index (χ1n) is 18.9. The topological polar surface area (TPSA) is 111 Å². The van der Waals surface area contributed by atoms with E-state index in [9.17, 15) is 26.0 Å². The number of nitrogens with zero attached hydrogens (tertiary/aromatic N) is 2. The molecule has 0 spiro atoms. The Bertz CT molecular complexity index is 2360. The second-order valence-electron chi connectivity index (χ2n) is 16.1. The Labute approximate surface area is 333 Å². The molecule has 0 amide bonds. The van der Waals surface area contributed by atoms with Gasteiger partial charge in [0.05, 0.1) is 13.2 Å². The molecule has 57 heavy (non-hydrogen) atoms. The maximum absolute atomic E-state index is 14.1. The van der Waals surface area contributed by atoms with Crippen LogP contribution >= 0.6 is 0 Å². The minimum Gasteiger partial charge on any atom is -0.370 e. The lowest BCUT2D eigenvalue weighted by atomic mass is 9.93. The quantitative estimate of drug-likeness (QED) is 0.177. The second-order valence-corrected chi connectivity index (χ2v) is 21.3. The Kier molecular flexibility index (Phi) is 12.1. The standard InChI is InChI=1S/C22H26F2N2O2S.C21H24F2N2O2S/c1-29(2,27)13-14-3-4-15-10-26(11-16(15)7-14)18-9-21(25)22(28-12-18)19-8-17(23)5-6-20(19)24;1-28(2,26)17-5-3-13-10-25(11-14(13)7-17)16-9-20(24)21(27-12-16)18-8-15(22)4-6-19(18)23/h3-8,18,21-22H,1,9-13,25H2,2H3;3-8,16,20-21H,1,9-12,24H2,2H3/t18-,21+,22-,29?;16-,20+,21-,28?/m11/s1. The van der Waals surface area contributed by atoms with Crippen molar-refractivity contribution in [3.05, 3.63) is 135 Å². The molecule has 2 unspecified atom stereocenters. The van der Waals surface area contributed by atoms with Gasteiger partial charge < -0.3 is 20.9 Å². The first-order chi connectivity index (χ1) is 26.9. The maximum Gasteiger partial charge on any atom is 0.129 e. The van der Waals surface area contributed by atoms with Crippen molar-refractivity contribution in [3.8, 4) is 0 Å². The van der Waals surface area contributed by atoms with Crippen LogP contribution in [-0.4, -0.2) is 79.9 Å². The summed E-state index contributed by atoms with van der Waals surface area (Å²) in [4.78, 5) is 5.33. The zero-order chi connectivity index (χ0) is 40.8. The van der Waals surface area contributed by atoms with E-state index in [1.165, 1.54) is 22.8 Å². The summed E-state index contributed by atoms with van der Waals surface area (Å²) in [6.45, 7) is 3.86. The first-order valence-corrected chi connectivity index (χ1v) is 23.3. The molecule has 4 heterocycles. The predicted molar refractivity (Wildman–Crippen MR) is 219 cm³/mol. The van der Waals surface area contributed by atoms with Crippen molar-refractivity contribution in [1.82, 2.24) is 9.80 Å². The Morgan fingerprint density at radius 2 is 1.11 bits per heavy atom. The van der Waals surface area contributed by atoms with Crippen LogP contribution in [0.3, 0.4) is 0 Å². The van der Waals surface area contributed by atoms with Gasteiger partial charge in [0.1, 0.15) is 35.5 Å². The molecule has 2 saturated heterocycles. The van der Waals surface area contributed by atoms with Gasteiger partial charge >= 0.3 is 0 Å². The molecule has 4 aliphatic rings. The van der Waals surface area contributed by atoms with Gasteiger partial charge in [-0.1, -0.05) is 24.3 Å². The summed E-state index contributed by atoms with van der Waals surface area (Å²) in [7, 11) is -4.33. The molecule has 0 aliphatic carbocycles. The fourth-order valence-electron chi connectivity index (χ4n) is 8.40. The van der Waals surface area contributed by atoms with E-state index in [0.717, 1.165) is 72.5 Å². The minimum atomic E-state index is -2.25. The predicted octanol–water partition coefficient (Wildman–Crippen LogP) is 5.83. The molecule has 4 aliphatic heterocycles. The summed E-state index contributed by atoms with van der Waals surface area (Å²) in [5.74, 6) is 5.97. The molecule has 4 N–H and O–H groups in total.